The molecule has 100 valence electrons. The van der Waals surface area contributed by atoms with Gasteiger partial charge in [-0.3, -0.25) is 0 Å². The van der Waals surface area contributed by atoms with Crippen LogP contribution in [0.3, 0.4) is 0 Å². The van der Waals surface area contributed by atoms with Gasteiger partial charge in [0.1, 0.15) is 0 Å². The molecule has 0 unspecified atom stereocenters. The largest absolute Gasteiger partial charge is 0.368 e. The molecule has 0 aliphatic carbocycles. The van der Waals surface area contributed by atoms with Crippen LogP contribution in [0.5, 0.6) is 0 Å². The topological polar surface area (TPSA) is 107 Å². The molecule has 2 aromatic heterocycles. The monoisotopic (exact) mass is 269 g/mol. The van der Waals surface area contributed by atoms with E-state index in [-0.39, 0.29) is 17.6 Å². The third-order valence-corrected chi connectivity index (χ3v) is 2.65. The number of hydrogen-bond acceptors (Lipinski definition) is 8. The van der Waals surface area contributed by atoms with Gasteiger partial charge in [0.05, 0.1) is 0 Å². The van der Waals surface area contributed by atoms with Gasteiger partial charge < -0.3 is 15.2 Å². The number of benzene rings is 1. The first-order chi connectivity index (χ1) is 9.74. The second-order valence-corrected chi connectivity index (χ2v) is 3.97. The molecular weight excluding hydrogens is 258 g/mol. The van der Waals surface area contributed by atoms with Crippen molar-refractivity contribution < 1.29 is 4.52 Å². The number of para-hydroxylation sites is 1. The zero-order chi connectivity index (χ0) is 13.9. The van der Waals surface area contributed by atoms with E-state index in [4.69, 9.17) is 5.73 Å². The van der Waals surface area contributed by atoms with E-state index >= 15 is 0 Å². The van der Waals surface area contributed by atoms with Gasteiger partial charge in [-0.15, -0.1) is 0 Å². The molecule has 0 aliphatic rings. The molecule has 8 heteroatoms. The van der Waals surface area contributed by atoms with Crippen molar-refractivity contribution >= 4 is 17.6 Å². The maximum Gasteiger partial charge on any atom is 0.240 e. The molecule has 1 aromatic carbocycles. The van der Waals surface area contributed by atoms with Crippen molar-refractivity contribution in [3.8, 4) is 11.6 Å². The van der Waals surface area contributed by atoms with Gasteiger partial charge in [0.2, 0.25) is 29.9 Å². The Morgan fingerprint density at radius 3 is 2.55 bits per heavy atom. The molecule has 0 atom stereocenters. The molecule has 0 saturated heterocycles. The third-order valence-electron chi connectivity index (χ3n) is 2.65. The van der Waals surface area contributed by atoms with E-state index in [2.05, 4.69) is 29.6 Å². The van der Waals surface area contributed by atoms with Crippen LogP contribution in [0.1, 0.15) is 0 Å². The fraction of sp³-hybridized carbons (Fsp3) is 0.0833. The number of hydrogen-bond donors (Lipinski definition) is 1. The zero-order valence-corrected chi connectivity index (χ0v) is 10.6. The predicted molar refractivity (Wildman–Crippen MR) is 72.0 cm³/mol. The second kappa shape index (κ2) is 4.92. The summed E-state index contributed by atoms with van der Waals surface area (Å²) < 4.78 is 4.68. The molecule has 0 saturated carbocycles. The first kappa shape index (κ1) is 12.0. The van der Waals surface area contributed by atoms with Crippen LogP contribution < -0.4 is 10.6 Å². The molecule has 20 heavy (non-hydrogen) atoms. The zero-order valence-electron chi connectivity index (χ0n) is 10.6. The summed E-state index contributed by atoms with van der Waals surface area (Å²) in [5, 5.41) is 3.69. The number of nitrogens with zero attached hydrogens (tertiary/aromatic N) is 6. The Morgan fingerprint density at radius 2 is 1.85 bits per heavy atom. The molecule has 0 aliphatic heterocycles. The van der Waals surface area contributed by atoms with Gasteiger partial charge in [-0.25, -0.2) is 0 Å². The van der Waals surface area contributed by atoms with Crippen molar-refractivity contribution in [1.82, 2.24) is 25.1 Å². The SMILES string of the molecule is CN(c1ccccc1)c1nc(N)nc(-c2ncon2)n1. The Morgan fingerprint density at radius 1 is 1.05 bits per heavy atom. The first-order valence-corrected chi connectivity index (χ1v) is 5.81. The smallest absolute Gasteiger partial charge is 0.240 e. The van der Waals surface area contributed by atoms with Crippen LogP contribution in [-0.4, -0.2) is 32.1 Å². The molecule has 2 N–H and O–H groups in total. The lowest BCUT2D eigenvalue weighted by atomic mass is 10.3. The Bertz CT molecular complexity index is 699. The van der Waals surface area contributed by atoms with Crippen molar-refractivity contribution in [2.75, 3.05) is 17.7 Å². The van der Waals surface area contributed by atoms with Crippen molar-refractivity contribution in [3.05, 3.63) is 36.7 Å². The molecule has 0 amide bonds. The van der Waals surface area contributed by atoms with Gasteiger partial charge in [-0.1, -0.05) is 23.4 Å². The summed E-state index contributed by atoms with van der Waals surface area (Å²) in [6, 6.07) is 9.67. The Hall–Kier alpha value is -3.03. The molecule has 2 heterocycles. The summed E-state index contributed by atoms with van der Waals surface area (Å²) in [5.74, 6) is 1.03. The fourth-order valence-corrected chi connectivity index (χ4v) is 1.67. The van der Waals surface area contributed by atoms with Crippen LogP contribution in [0.15, 0.2) is 41.2 Å². The maximum absolute atomic E-state index is 5.71. The minimum Gasteiger partial charge on any atom is -0.368 e. The Kier molecular flexibility index (Phi) is 2.96. The van der Waals surface area contributed by atoms with E-state index in [1.165, 1.54) is 6.39 Å². The van der Waals surface area contributed by atoms with Gasteiger partial charge in [0, 0.05) is 12.7 Å². The Balaban J connectivity index is 2.02. The van der Waals surface area contributed by atoms with E-state index in [1.807, 2.05) is 37.4 Å². The standard InChI is InChI=1S/C12H11N7O/c1-19(8-5-3-2-4-6-8)12-16-10(15-11(13)17-12)9-14-7-20-18-9/h2-7H,1H3,(H2,13,15,16,17). The highest BCUT2D eigenvalue weighted by molar-refractivity contribution is 5.58. The fourth-order valence-electron chi connectivity index (χ4n) is 1.67. The van der Waals surface area contributed by atoms with E-state index in [0.29, 0.717) is 5.95 Å². The van der Waals surface area contributed by atoms with Crippen molar-refractivity contribution in [3.63, 3.8) is 0 Å². The van der Waals surface area contributed by atoms with Gasteiger partial charge >= 0.3 is 0 Å². The molecule has 3 aromatic rings. The van der Waals surface area contributed by atoms with Gasteiger partial charge in [0.25, 0.3) is 0 Å². The summed E-state index contributed by atoms with van der Waals surface area (Å²) in [6.07, 6.45) is 1.20. The van der Waals surface area contributed by atoms with Crippen LogP contribution >= 0.6 is 0 Å². The van der Waals surface area contributed by atoms with Crippen molar-refractivity contribution in [2.24, 2.45) is 0 Å². The van der Waals surface area contributed by atoms with E-state index in [9.17, 15) is 0 Å². The van der Waals surface area contributed by atoms with Gasteiger partial charge in [-0.2, -0.15) is 19.9 Å². The average molecular weight is 269 g/mol. The summed E-state index contributed by atoms with van der Waals surface area (Å²) >= 11 is 0. The van der Waals surface area contributed by atoms with Gasteiger partial charge in [0.15, 0.2) is 0 Å². The van der Waals surface area contributed by atoms with Gasteiger partial charge in [-0.05, 0) is 12.1 Å². The van der Waals surface area contributed by atoms with E-state index in [1.54, 1.807) is 4.90 Å². The maximum atomic E-state index is 5.71. The predicted octanol–water partition coefficient (Wildman–Crippen LogP) is 1.27. The molecule has 3 rings (SSSR count). The highest BCUT2D eigenvalue weighted by atomic mass is 16.5. The number of aromatic nitrogens is 5. The lowest BCUT2D eigenvalue weighted by Gasteiger charge is -2.17. The van der Waals surface area contributed by atoms with Crippen LogP contribution in [0.2, 0.25) is 0 Å². The van der Waals surface area contributed by atoms with E-state index < -0.39 is 0 Å². The van der Waals surface area contributed by atoms with Crippen molar-refractivity contribution in [1.29, 1.82) is 0 Å². The molecule has 0 fully saturated rings. The van der Waals surface area contributed by atoms with Crippen LogP contribution in [0, 0.1) is 0 Å². The summed E-state index contributed by atoms with van der Waals surface area (Å²) in [7, 11) is 1.84. The summed E-state index contributed by atoms with van der Waals surface area (Å²) in [5.41, 5.74) is 6.63. The highest BCUT2D eigenvalue weighted by Gasteiger charge is 2.14. The summed E-state index contributed by atoms with van der Waals surface area (Å²) in [6.45, 7) is 0. The lowest BCUT2D eigenvalue weighted by molar-refractivity contribution is 0.418. The lowest BCUT2D eigenvalue weighted by Crippen LogP contribution is -2.15. The molecule has 8 nitrogen and oxygen atoms in total. The number of rotatable bonds is 3. The average Bonchev–Trinajstić information content (AvgIpc) is 3.01. The number of nitrogen functional groups attached to an aromatic ring is 1. The molecular formula is C12H11N7O. The highest BCUT2D eigenvalue weighted by Crippen LogP contribution is 2.21. The third kappa shape index (κ3) is 2.26. The minimum absolute atomic E-state index is 0.0950. The second-order valence-electron chi connectivity index (χ2n) is 3.97. The normalized spacial score (nSPS) is 10.4. The minimum atomic E-state index is 0.0950. The van der Waals surface area contributed by atoms with Crippen LogP contribution in [-0.2, 0) is 0 Å². The summed E-state index contributed by atoms with van der Waals surface area (Å²) in [4.78, 5) is 18.1. The van der Waals surface area contributed by atoms with Crippen LogP contribution in [0.25, 0.3) is 11.6 Å². The molecule has 0 radical (unpaired) electrons. The first-order valence-electron chi connectivity index (χ1n) is 5.81. The quantitative estimate of drug-likeness (QED) is 0.757. The Labute approximate surface area is 114 Å². The van der Waals surface area contributed by atoms with Crippen molar-refractivity contribution in [2.45, 2.75) is 0 Å². The molecule has 0 spiro atoms. The van der Waals surface area contributed by atoms with E-state index in [0.717, 1.165) is 5.69 Å². The van der Waals surface area contributed by atoms with Crippen LogP contribution in [0.4, 0.5) is 17.6 Å². The number of anilines is 3. The molecule has 0 bridgehead atoms. The number of nitrogens with two attached hydrogens (primary N) is 1.